The lowest BCUT2D eigenvalue weighted by Crippen LogP contribution is -2.19. The number of nitrogens with one attached hydrogen (secondary N) is 2. The Bertz CT molecular complexity index is 967. The van der Waals surface area contributed by atoms with Crippen molar-refractivity contribution >= 4 is 11.6 Å². The molecule has 0 unspecified atom stereocenters. The molecule has 3 rings (SSSR count). The summed E-state index contributed by atoms with van der Waals surface area (Å²) >= 11 is 0. The van der Waals surface area contributed by atoms with E-state index < -0.39 is 0 Å². The van der Waals surface area contributed by atoms with Crippen LogP contribution in [0.15, 0.2) is 59.7 Å². The van der Waals surface area contributed by atoms with E-state index in [9.17, 15) is 4.79 Å². The number of hydrogen-bond donors (Lipinski definition) is 2. The summed E-state index contributed by atoms with van der Waals surface area (Å²) in [5, 5.41) is 11.2. The van der Waals surface area contributed by atoms with Crippen LogP contribution >= 0.6 is 0 Å². The zero-order valence-electron chi connectivity index (χ0n) is 16.8. The molecule has 0 bridgehead atoms. The molecular weight excluding hydrogens is 348 g/mol. The van der Waals surface area contributed by atoms with Gasteiger partial charge in [-0.2, -0.15) is 10.2 Å². The summed E-state index contributed by atoms with van der Waals surface area (Å²) < 4.78 is 0. The number of aromatic amines is 1. The number of carbonyl (C=O) groups is 1. The number of aromatic nitrogens is 2. The van der Waals surface area contributed by atoms with E-state index >= 15 is 0 Å². The van der Waals surface area contributed by atoms with Crippen molar-refractivity contribution in [1.82, 2.24) is 15.6 Å². The second-order valence-corrected chi connectivity index (χ2v) is 7.47. The molecule has 0 saturated carbocycles. The van der Waals surface area contributed by atoms with E-state index in [1.807, 2.05) is 50.2 Å². The van der Waals surface area contributed by atoms with Crippen molar-refractivity contribution in [3.63, 3.8) is 0 Å². The molecule has 1 amide bonds. The van der Waals surface area contributed by atoms with Crippen LogP contribution < -0.4 is 5.43 Å². The Balaban J connectivity index is 1.66. The van der Waals surface area contributed by atoms with Gasteiger partial charge in [0.25, 0.3) is 5.91 Å². The standard InChI is InChI=1S/C23H26N4O/c1-15(2)13-18-7-11-20(12-8-18)21-14-22(26-25-21)23(28)27-24-17(4)19-9-5-16(3)6-10-19/h5-12,14-15H,13H2,1-4H3,(H,25,26)(H,27,28). The highest BCUT2D eigenvalue weighted by Gasteiger charge is 2.11. The predicted molar refractivity (Wildman–Crippen MR) is 113 cm³/mol. The van der Waals surface area contributed by atoms with Gasteiger partial charge in [-0.15, -0.1) is 0 Å². The van der Waals surface area contributed by atoms with Crippen LogP contribution in [0, 0.1) is 12.8 Å². The molecule has 2 N–H and O–H groups in total. The Morgan fingerprint density at radius 3 is 2.43 bits per heavy atom. The zero-order valence-corrected chi connectivity index (χ0v) is 16.8. The average molecular weight is 374 g/mol. The Morgan fingerprint density at radius 2 is 1.79 bits per heavy atom. The van der Waals surface area contributed by atoms with Crippen molar-refractivity contribution in [3.05, 3.63) is 77.0 Å². The van der Waals surface area contributed by atoms with Crippen molar-refractivity contribution in [2.24, 2.45) is 11.0 Å². The minimum Gasteiger partial charge on any atom is -0.272 e. The summed E-state index contributed by atoms with van der Waals surface area (Å²) in [7, 11) is 0. The molecule has 0 spiro atoms. The molecule has 0 aliphatic heterocycles. The van der Waals surface area contributed by atoms with Crippen LogP contribution in [-0.4, -0.2) is 21.8 Å². The molecule has 5 heteroatoms. The summed E-state index contributed by atoms with van der Waals surface area (Å²) in [6, 6.07) is 18.0. The lowest BCUT2D eigenvalue weighted by molar-refractivity contribution is 0.0950. The van der Waals surface area contributed by atoms with Crippen LogP contribution in [0.1, 0.15) is 48.0 Å². The van der Waals surface area contributed by atoms with Crippen LogP contribution in [0.5, 0.6) is 0 Å². The van der Waals surface area contributed by atoms with Gasteiger partial charge in [0, 0.05) is 5.56 Å². The maximum atomic E-state index is 12.4. The third kappa shape index (κ3) is 4.94. The molecule has 0 aliphatic rings. The van der Waals surface area contributed by atoms with Crippen LogP contribution in [0.4, 0.5) is 0 Å². The smallest absolute Gasteiger partial charge is 0.272 e. The summed E-state index contributed by atoms with van der Waals surface area (Å²) in [5.74, 6) is 0.303. The van der Waals surface area contributed by atoms with Gasteiger partial charge in [-0.1, -0.05) is 67.9 Å². The van der Waals surface area contributed by atoms with Gasteiger partial charge in [0.1, 0.15) is 5.69 Å². The summed E-state index contributed by atoms with van der Waals surface area (Å²) in [4.78, 5) is 12.4. The predicted octanol–water partition coefficient (Wildman–Crippen LogP) is 4.74. The number of rotatable bonds is 6. The molecule has 0 saturated heterocycles. The van der Waals surface area contributed by atoms with Crippen molar-refractivity contribution in [3.8, 4) is 11.3 Å². The second-order valence-electron chi connectivity index (χ2n) is 7.47. The number of amides is 1. The quantitative estimate of drug-likeness (QED) is 0.483. The topological polar surface area (TPSA) is 70.1 Å². The average Bonchev–Trinajstić information content (AvgIpc) is 3.17. The first kappa shape index (κ1) is 19.5. The Labute approximate surface area is 165 Å². The highest BCUT2D eigenvalue weighted by Crippen LogP contribution is 2.19. The molecule has 144 valence electrons. The number of nitrogens with zero attached hydrogens (tertiary/aromatic N) is 2. The molecule has 0 fully saturated rings. The molecule has 1 heterocycles. The lowest BCUT2D eigenvalue weighted by Gasteiger charge is -2.05. The van der Waals surface area contributed by atoms with Gasteiger partial charge in [-0.3, -0.25) is 9.89 Å². The summed E-state index contributed by atoms with van der Waals surface area (Å²) in [6.45, 7) is 8.30. The lowest BCUT2D eigenvalue weighted by atomic mass is 10.0. The molecule has 3 aromatic rings. The molecule has 1 aromatic heterocycles. The second kappa shape index (κ2) is 8.65. The number of benzene rings is 2. The van der Waals surface area contributed by atoms with Gasteiger partial charge >= 0.3 is 0 Å². The zero-order chi connectivity index (χ0) is 20.1. The first-order chi connectivity index (χ1) is 13.4. The van der Waals surface area contributed by atoms with E-state index in [4.69, 9.17) is 0 Å². The van der Waals surface area contributed by atoms with Crippen LogP contribution in [0.2, 0.25) is 0 Å². The fourth-order valence-electron chi connectivity index (χ4n) is 2.92. The Morgan fingerprint density at radius 1 is 1.11 bits per heavy atom. The fourth-order valence-corrected chi connectivity index (χ4v) is 2.92. The van der Waals surface area contributed by atoms with E-state index in [1.54, 1.807) is 6.07 Å². The van der Waals surface area contributed by atoms with E-state index in [0.717, 1.165) is 29.0 Å². The highest BCUT2D eigenvalue weighted by molar-refractivity contribution is 6.00. The summed E-state index contributed by atoms with van der Waals surface area (Å²) in [5.41, 5.74) is 8.87. The van der Waals surface area contributed by atoms with Crippen LogP contribution in [0.3, 0.4) is 0 Å². The van der Waals surface area contributed by atoms with E-state index in [0.29, 0.717) is 11.6 Å². The monoisotopic (exact) mass is 374 g/mol. The molecular formula is C23H26N4O. The first-order valence-electron chi connectivity index (χ1n) is 9.49. The number of H-pyrrole nitrogens is 1. The van der Waals surface area contributed by atoms with Crippen molar-refractivity contribution < 1.29 is 4.79 Å². The number of aryl methyl sites for hydroxylation is 1. The molecule has 5 nitrogen and oxygen atoms in total. The van der Waals surface area contributed by atoms with E-state index in [1.165, 1.54) is 11.1 Å². The highest BCUT2D eigenvalue weighted by atomic mass is 16.2. The van der Waals surface area contributed by atoms with Crippen molar-refractivity contribution in [1.29, 1.82) is 0 Å². The van der Waals surface area contributed by atoms with Gasteiger partial charge in [-0.25, -0.2) is 5.43 Å². The maximum Gasteiger partial charge on any atom is 0.289 e. The van der Waals surface area contributed by atoms with E-state index in [-0.39, 0.29) is 5.91 Å². The first-order valence-corrected chi connectivity index (χ1v) is 9.49. The SMILES string of the molecule is CC(=NNC(=O)c1cc(-c2ccc(CC(C)C)cc2)n[nH]1)c1ccc(C)cc1. The third-order valence-electron chi connectivity index (χ3n) is 4.51. The largest absolute Gasteiger partial charge is 0.289 e. The van der Waals surface area contributed by atoms with Gasteiger partial charge in [0.2, 0.25) is 0 Å². The fraction of sp³-hybridized carbons (Fsp3) is 0.261. The Kier molecular flexibility index (Phi) is 6.04. The van der Waals surface area contributed by atoms with Gasteiger partial charge in [-0.05, 0) is 43.4 Å². The summed E-state index contributed by atoms with van der Waals surface area (Å²) in [6.07, 6.45) is 1.05. The molecule has 28 heavy (non-hydrogen) atoms. The molecule has 0 radical (unpaired) electrons. The third-order valence-corrected chi connectivity index (χ3v) is 4.51. The number of hydrogen-bond acceptors (Lipinski definition) is 3. The molecule has 0 aliphatic carbocycles. The number of hydrazone groups is 1. The minimum absolute atomic E-state index is 0.318. The van der Waals surface area contributed by atoms with Crippen molar-refractivity contribution in [2.75, 3.05) is 0 Å². The van der Waals surface area contributed by atoms with Gasteiger partial charge in [0.15, 0.2) is 0 Å². The Hall–Kier alpha value is -3.21. The van der Waals surface area contributed by atoms with E-state index in [2.05, 4.69) is 46.7 Å². The number of carbonyl (C=O) groups excluding carboxylic acids is 1. The maximum absolute atomic E-state index is 12.4. The minimum atomic E-state index is -0.318. The van der Waals surface area contributed by atoms with Gasteiger partial charge < -0.3 is 0 Å². The van der Waals surface area contributed by atoms with Crippen LogP contribution in [-0.2, 0) is 6.42 Å². The van der Waals surface area contributed by atoms with Crippen molar-refractivity contribution in [2.45, 2.75) is 34.1 Å². The normalized spacial score (nSPS) is 11.7. The van der Waals surface area contributed by atoms with Gasteiger partial charge in [0.05, 0.1) is 11.4 Å². The molecule has 0 atom stereocenters. The molecule has 2 aromatic carbocycles. The van der Waals surface area contributed by atoms with Crippen LogP contribution in [0.25, 0.3) is 11.3 Å².